The maximum Gasteiger partial charge on any atom is 0.254 e. The van der Waals surface area contributed by atoms with Gasteiger partial charge in [-0.15, -0.1) is 0 Å². The molecule has 0 spiro atoms. The Bertz CT molecular complexity index is 807. The third kappa shape index (κ3) is 4.10. The Labute approximate surface area is 142 Å². The number of H-pyrrole nitrogens is 1. The molecule has 0 aliphatic heterocycles. The van der Waals surface area contributed by atoms with Gasteiger partial charge in [-0.25, -0.2) is 4.98 Å². The van der Waals surface area contributed by atoms with E-state index in [2.05, 4.69) is 29.1 Å². The van der Waals surface area contributed by atoms with Gasteiger partial charge in [0.05, 0.1) is 0 Å². The van der Waals surface area contributed by atoms with Gasteiger partial charge in [0.1, 0.15) is 5.82 Å². The first-order valence-corrected chi connectivity index (χ1v) is 8.25. The third-order valence-corrected chi connectivity index (χ3v) is 4.13. The smallest absolute Gasteiger partial charge is 0.254 e. The average molecular weight is 327 g/mol. The number of aromatic nitrogens is 2. The highest BCUT2D eigenvalue weighted by Gasteiger charge is 2.14. The van der Waals surface area contributed by atoms with Crippen LogP contribution in [0.2, 0.25) is 0 Å². The zero-order chi connectivity index (χ0) is 17.9. The van der Waals surface area contributed by atoms with E-state index in [9.17, 15) is 9.59 Å². The minimum atomic E-state index is -0.161. The first-order valence-electron chi connectivity index (χ1n) is 8.25. The van der Waals surface area contributed by atoms with Crippen molar-refractivity contribution in [1.82, 2.24) is 9.97 Å². The maximum atomic E-state index is 12.4. The van der Waals surface area contributed by atoms with Crippen LogP contribution in [0.3, 0.4) is 0 Å². The molecule has 1 heterocycles. The van der Waals surface area contributed by atoms with Crippen molar-refractivity contribution in [2.24, 2.45) is 0 Å². The predicted octanol–water partition coefficient (Wildman–Crippen LogP) is 3.39. The van der Waals surface area contributed by atoms with Crippen molar-refractivity contribution in [1.29, 1.82) is 0 Å². The Morgan fingerprint density at radius 3 is 2.58 bits per heavy atom. The second-order valence-corrected chi connectivity index (χ2v) is 6.46. The molecule has 1 amide bonds. The van der Waals surface area contributed by atoms with Crippen LogP contribution >= 0.6 is 0 Å². The predicted molar refractivity (Wildman–Crippen MR) is 96.6 cm³/mol. The number of rotatable bonds is 5. The summed E-state index contributed by atoms with van der Waals surface area (Å²) in [6.45, 7) is 9.74. The lowest BCUT2D eigenvalue weighted by Crippen LogP contribution is -2.21. The quantitative estimate of drug-likeness (QED) is 0.884. The second kappa shape index (κ2) is 7.43. The number of hydrogen-bond donors (Lipinski definition) is 2. The van der Waals surface area contributed by atoms with Crippen molar-refractivity contribution in [3.05, 3.63) is 56.8 Å². The lowest BCUT2D eigenvalue weighted by Gasteiger charge is -2.16. The summed E-state index contributed by atoms with van der Waals surface area (Å²) in [5.74, 6) is 0.823. The number of hydrogen-bond acceptors (Lipinski definition) is 3. The molecule has 24 heavy (non-hydrogen) atoms. The van der Waals surface area contributed by atoms with E-state index in [0.29, 0.717) is 29.4 Å². The third-order valence-electron chi connectivity index (χ3n) is 4.13. The minimum Gasteiger partial charge on any atom is -0.326 e. The van der Waals surface area contributed by atoms with E-state index in [-0.39, 0.29) is 17.9 Å². The molecule has 2 rings (SSSR count). The molecule has 2 aromatic rings. The molecule has 0 radical (unpaired) electrons. The lowest BCUT2D eigenvalue weighted by molar-refractivity contribution is -0.116. The zero-order valence-corrected chi connectivity index (χ0v) is 15.0. The molecular weight excluding hydrogens is 302 g/mol. The highest BCUT2D eigenvalue weighted by atomic mass is 16.1. The summed E-state index contributed by atoms with van der Waals surface area (Å²) in [5.41, 5.74) is 4.14. The minimum absolute atomic E-state index is 0.0921. The molecule has 1 aromatic heterocycles. The number of anilines is 1. The Morgan fingerprint density at radius 1 is 1.25 bits per heavy atom. The van der Waals surface area contributed by atoms with E-state index in [4.69, 9.17) is 0 Å². The second-order valence-electron chi connectivity index (χ2n) is 6.46. The van der Waals surface area contributed by atoms with Gasteiger partial charge in [0.2, 0.25) is 5.91 Å². The molecule has 0 aliphatic rings. The number of para-hydroxylation sites is 1. The van der Waals surface area contributed by atoms with Gasteiger partial charge in [0.25, 0.3) is 5.56 Å². The number of carbonyl (C=O) groups is 1. The van der Waals surface area contributed by atoms with Crippen LogP contribution in [-0.2, 0) is 11.2 Å². The van der Waals surface area contributed by atoms with Crippen molar-refractivity contribution in [2.75, 3.05) is 5.32 Å². The Hall–Kier alpha value is -2.43. The molecule has 2 N–H and O–H groups in total. The molecule has 0 atom stereocenters. The summed E-state index contributed by atoms with van der Waals surface area (Å²) >= 11 is 0. The normalized spacial score (nSPS) is 10.9. The molecule has 0 saturated carbocycles. The number of aromatic amines is 1. The molecular formula is C19H25N3O2. The number of nitrogens with one attached hydrogen (secondary N) is 2. The largest absolute Gasteiger partial charge is 0.326 e. The van der Waals surface area contributed by atoms with Crippen LogP contribution in [0.15, 0.2) is 23.0 Å². The van der Waals surface area contributed by atoms with Crippen LogP contribution in [0.1, 0.15) is 54.4 Å². The number of benzene rings is 1. The fraction of sp³-hybridized carbons (Fsp3) is 0.421. The molecule has 5 heteroatoms. The lowest BCUT2D eigenvalue weighted by atomic mass is 9.98. The number of amides is 1. The summed E-state index contributed by atoms with van der Waals surface area (Å²) in [4.78, 5) is 31.3. The van der Waals surface area contributed by atoms with Crippen LogP contribution in [0, 0.1) is 20.8 Å². The van der Waals surface area contributed by atoms with Gasteiger partial charge in [-0.05, 0) is 44.2 Å². The van der Waals surface area contributed by atoms with Crippen molar-refractivity contribution >= 4 is 11.6 Å². The summed E-state index contributed by atoms with van der Waals surface area (Å²) in [5, 5.41) is 3.01. The van der Waals surface area contributed by atoms with Crippen LogP contribution in [0.4, 0.5) is 5.69 Å². The Balaban J connectivity index is 2.12. The van der Waals surface area contributed by atoms with Crippen LogP contribution in [0.5, 0.6) is 0 Å². The monoisotopic (exact) mass is 327 g/mol. The summed E-state index contributed by atoms with van der Waals surface area (Å²) < 4.78 is 0. The Morgan fingerprint density at radius 2 is 1.96 bits per heavy atom. The van der Waals surface area contributed by atoms with E-state index < -0.39 is 0 Å². The summed E-state index contributed by atoms with van der Waals surface area (Å²) in [6, 6.07) is 6.02. The van der Waals surface area contributed by atoms with E-state index >= 15 is 0 Å². The van der Waals surface area contributed by atoms with Crippen LogP contribution in [-0.4, -0.2) is 15.9 Å². The molecule has 0 saturated heterocycles. The highest BCUT2D eigenvalue weighted by Crippen LogP contribution is 2.27. The van der Waals surface area contributed by atoms with E-state index in [0.717, 1.165) is 16.8 Å². The first kappa shape index (κ1) is 17.9. The van der Waals surface area contributed by atoms with Gasteiger partial charge in [-0.1, -0.05) is 32.0 Å². The van der Waals surface area contributed by atoms with Crippen molar-refractivity contribution in [2.45, 2.75) is 53.4 Å². The number of nitrogens with zero attached hydrogens (tertiary/aromatic N) is 1. The standard InChI is InChI=1S/C19H25N3O2/c1-11(2)15-8-6-7-12(3)18(15)22-17(23)10-9-16-13(4)20-14(5)21-19(16)24/h6-8,11H,9-10H2,1-5H3,(H,22,23)(H,20,21,24). The van der Waals surface area contributed by atoms with E-state index in [1.807, 2.05) is 25.1 Å². The highest BCUT2D eigenvalue weighted by molar-refractivity contribution is 5.92. The molecule has 5 nitrogen and oxygen atoms in total. The molecule has 0 fully saturated rings. The zero-order valence-electron chi connectivity index (χ0n) is 15.0. The van der Waals surface area contributed by atoms with Gasteiger partial charge >= 0.3 is 0 Å². The molecule has 0 bridgehead atoms. The van der Waals surface area contributed by atoms with Crippen molar-refractivity contribution in [3.8, 4) is 0 Å². The first-order chi connectivity index (χ1) is 11.3. The molecule has 128 valence electrons. The fourth-order valence-electron chi connectivity index (χ4n) is 2.83. The maximum absolute atomic E-state index is 12.4. The average Bonchev–Trinajstić information content (AvgIpc) is 2.47. The molecule has 0 unspecified atom stereocenters. The SMILES string of the molecule is Cc1nc(C)c(CCC(=O)Nc2c(C)cccc2C(C)C)c(=O)[nH]1. The number of aryl methyl sites for hydroxylation is 3. The van der Waals surface area contributed by atoms with Gasteiger partial charge in [-0.3, -0.25) is 9.59 Å². The van der Waals surface area contributed by atoms with E-state index in [1.165, 1.54) is 0 Å². The Kier molecular flexibility index (Phi) is 5.54. The molecule has 0 aliphatic carbocycles. The number of carbonyl (C=O) groups excluding carboxylic acids is 1. The van der Waals surface area contributed by atoms with Crippen molar-refractivity contribution in [3.63, 3.8) is 0 Å². The van der Waals surface area contributed by atoms with Crippen molar-refractivity contribution < 1.29 is 4.79 Å². The van der Waals surface area contributed by atoms with Gasteiger partial charge in [0, 0.05) is 23.4 Å². The van der Waals surface area contributed by atoms with E-state index in [1.54, 1.807) is 13.8 Å². The van der Waals surface area contributed by atoms with Gasteiger partial charge in [0.15, 0.2) is 0 Å². The van der Waals surface area contributed by atoms with Crippen LogP contribution in [0.25, 0.3) is 0 Å². The summed E-state index contributed by atoms with van der Waals surface area (Å²) in [6.07, 6.45) is 0.629. The summed E-state index contributed by atoms with van der Waals surface area (Å²) in [7, 11) is 0. The topological polar surface area (TPSA) is 74.8 Å². The molecule has 1 aromatic carbocycles. The van der Waals surface area contributed by atoms with Gasteiger partial charge < -0.3 is 10.3 Å². The van der Waals surface area contributed by atoms with Gasteiger partial charge in [-0.2, -0.15) is 0 Å². The fourth-order valence-corrected chi connectivity index (χ4v) is 2.83. The van der Waals surface area contributed by atoms with Crippen LogP contribution < -0.4 is 10.9 Å².